The highest BCUT2D eigenvalue weighted by molar-refractivity contribution is 7.21. The molecular formula is C29H24N4O2S. The van der Waals surface area contributed by atoms with Gasteiger partial charge >= 0.3 is 0 Å². The van der Waals surface area contributed by atoms with Gasteiger partial charge in [-0.1, -0.05) is 42.5 Å². The maximum absolute atomic E-state index is 13.8. The summed E-state index contributed by atoms with van der Waals surface area (Å²) in [4.78, 5) is 33.7. The molecule has 3 heterocycles. The van der Waals surface area contributed by atoms with Gasteiger partial charge in [0.2, 0.25) is 5.91 Å². The number of carbonyl (C=O) groups is 2. The van der Waals surface area contributed by atoms with Gasteiger partial charge in [-0.2, -0.15) is 0 Å². The fourth-order valence-electron chi connectivity index (χ4n) is 4.80. The van der Waals surface area contributed by atoms with E-state index >= 15 is 0 Å². The molecule has 1 fully saturated rings. The van der Waals surface area contributed by atoms with Gasteiger partial charge in [-0.15, -0.1) is 11.3 Å². The van der Waals surface area contributed by atoms with Crippen LogP contribution >= 0.6 is 11.3 Å². The molecule has 0 saturated carbocycles. The number of thiazole rings is 1. The SMILES string of the molecule is O=C(Nc1ccccc1-n1cccc1)[C@@H]1CCCN1C(=O)c1ccccc1-c1nc2ccccc2s1. The lowest BCUT2D eigenvalue weighted by molar-refractivity contribution is -0.119. The summed E-state index contributed by atoms with van der Waals surface area (Å²) < 4.78 is 3.04. The highest BCUT2D eigenvalue weighted by Gasteiger charge is 2.35. The molecule has 6 rings (SSSR count). The van der Waals surface area contributed by atoms with Crippen molar-refractivity contribution >= 4 is 39.1 Å². The van der Waals surface area contributed by atoms with Gasteiger partial charge in [0.1, 0.15) is 11.0 Å². The first-order valence-electron chi connectivity index (χ1n) is 12.0. The number of rotatable bonds is 5. The van der Waals surface area contributed by atoms with Crippen LogP contribution in [-0.4, -0.2) is 38.9 Å². The van der Waals surface area contributed by atoms with Crippen LogP contribution in [0.25, 0.3) is 26.5 Å². The minimum Gasteiger partial charge on any atom is -0.327 e. The van der Waals surface area contributed by atoms with Gasteiger partial charge in [-0.25, -0.2) is 4.98 Å². The molecule has 178 valence electrons. The highest BCUT2D eigenvalue weighted by Crippen LogP contribution is 2.34. The van der Waals surface area contributed by atoms with Crippen molar-refractivity contribution in [3.63, 3.8) is 0 Å². The summed E-state index contributed by atoms with van der Waals surface area (Å²) in [6.45, 7) is 0.546. The number of fused-ring (bicyclic) bond motifs is 1. The van der Waals surface area contributed by atoms with Crippen molar-refractivity contribution in [1.29, 1.82) is 0 Å². The van der Waals surface area contributed by atoms with Crippen molar-refractivity contribution in [2.45, 2.75) is 18.9 Å². The number of likely N-dealkylation sites (tertiary alicyclic amines) is 1. The average molecular weight is 493 g/mol. The standard InChI is InChI=1S/C29H24N4O2S/c34-27(30-22-12-3-5-14-24(22)32-17-7-8-18-32)25-15-9-19-33(25)29(35)21-11-2-1-10-20(21)28-31-23-13-4-6-16-26(23)36-28/h1-8,10-14,16-18,25H,9,15,19H2,(H,30,34)/t25-/m0/s1. The Kier molecular flexibility index (Phi) is 5.83. The van der Waals surface area contributed by atoms with Gasteiger partial charge in [-0.05, 0) is 55.3 Å². The first kappa shape index (κ1) is 22.2. The van der Waals surface area contributed by atoms with Gasteiger partial charge in [0, 0.05) is 30.1 Å². The van der Waals surface area contributed by atoms with E-state index in [0.29, 0.717) is 24.2 Å². The molecule has 1 N–H and O–H groups in total. The zero-order chi connectivity index (χ0) is 24.5. The number of nitrogens with one attached hydrogen (secondary N) is 1. The third-order valence-electron chi connectivity index (χ3n) is 6.54. The Bertz CT molecular complexity index is 1520. The second-order valence-electron chi connectivity index (χ2n) is 8.79. The van der Waals surface area contributed by atoms with Crippen molar-refractivity contribution in [2.24, 2.45) is 0 Å². The molecule has 0 unspecified atom stereocenters. The Labute approximate surface area is 212 Å². The van der Waals surface area contributed by atoms with Crippen molar-refractivity contribution in [3.05, 3.63) is 103 Å². The van der Waals surface area contributed by atoms with E-state index in [1.54, 1.807) is 16.2 Å². The van der Waals surface area contributed by atoms with Gasteiger partial charge < -0.3 is 14.8 Å². The Balaban J connectivity index is 1.28. The molecule has 0 bridgehead atoms. The minimum atomic E-state index is -0.529. The van der Waals surface area contributed by atoms with E-state index in [-0.39, 0.29) is 11.8 Å². The largest absolute Gasteiger partial charge is 0.327 e. The van der Waals surface area contributed by atoms with Crippen LogP contribution < -0.4 is 5.32 Å². The number of aromatic nitrogens is 2. The number of anilines is 1. The van der Waals surface area contributed by atoms with Crippen LogP contribution in [0, 0.1) is 0 Å². The topological polar surface area (TPSA) is 67.2 Å². The highest BCUT2D eigenvalue weighted by atomic mass is 32.1. The van der Waals surface area contributed by atoms with Gasteiger partial charge in [0.05, 0.1) is 21.6 Å². The molecule has 1 aliphatic heterocycles. The maximum atomic E-state index is 13.8. The fourth-order valence-corrected chi connectivity index (χ4v) is 5.80. The normalized spacial score (nSPS) is 15.3. The molecule has 0 radical (unpaired) electrons. The van der Waals surface area contributed by atoms with Crippen molar-refractivity contribution in [3.8, 4) is 16.3 Å². The third-order valence-corrected chi connectivity index (χ3v) is 7.61. The monoisotopic (exact) mass is 492 g/mol. The molecular weight excluding hydrogens is 468 g/mol. The van der Waals surface area contributed by atoms with E-state index in [4.69, 9.17) is 4.98 Å². The summed E-state index contributed by atoms with van der Waals surface area (Å²) in [5, 5.41) is 3.88. The van der Waals surface area contributed by atoms with E-state index in [0.717, 1.165) is 32.9 Å². The number of benzene rings is 3. The lowest BCUT2D eigenvalue weighted by atomic mass is 10.1. The fraction of sp³-hybridized carbons (Fsp3) is 0.138. The molecule has 5 aromatic rings. The summed E-state index contributed by atoms with van der Waals surface area (Å²) in [5.41, 5.74) is 3.89. The Morgan fingerprint density at radius 1 is 0.889 bits per heavy atom. The zero-order valence-electron chi connectivity index (χ0n) is 19.5. The molecule has 1 aliphatic rings. The Morgan fingerprint density at radius 2 is 1.64 bits per heavy atom. The number of carbonyl (C=O) groups excluding carboxylic acids is 2. The summed E-state index contributed by atoms with van der Waals surface area (Å²) in [6, 6.07) is 26.6. The molecule has 0 spiro atoms. The van der Waals surface area contributed by atoms with E-state index in [9.17, 15) is 9.59 Å². The first-order valence-corrected chi connectivity index (χ1v) is 12.8. The first-order chi connectivity index (χ1) is 17.7. The molecule has 1 atom stereocenters. The van der Waals surface area contributed by atoms with Crippen LogP contribution in [0.4, 0.5) is 5.69 Å². The third kappa shape index (κ3) is 4.07. The van der Waals surface area contributed by atoms with E-state index in [1.807, 2.05) is 102 Å². The summed E-state index contributed by atoms with van der Waals surface area (Å²) in [5.74, 6) is -0.306. The molecule has 2 amide bonds. The quantitative estimate of drug-likeness (QED) is 0.327. The number of nitrogens with zero attached hydrogens (tertiary/aromatic N) is 3. The number of para-hydroxylation sites is 3. The molecule has 7 heteroatoms. The summed E-state index contributed by atoms with van der Waals surface area (Å²) >= 11 is 1.57. The Morgan fingerprint density at radius 3 is 2.50 bits per heavy atom. The van der Waals surface area contributed by atoms with E-state index in [2.05, 4.69) is 5.32 Å². The van der Waals surface area contributed by atoms with Gasteiger partial charge in [0.15, 0.2) is 0 Å². The average Bonchev–Trinajstić information content (AvgIpc) is 3.69. The van der Waals surface area contributed by atoms with E-state index in [1.165, 1.54) is 0 Å². The zero-order valence-corrected chi connectivity index (χ0v) is 20.3. The smallest absolute Gasteiger partial charge is 0.255 e. The molecule has 3 aromatic carbocycles. The molecule has 0 aliphatic carbocycles. The van der Waals surface area contributed by atoms with Crippen LogP contribution in [0.1, 0.15) is 23.2 Å². The Hall–Kier alpha value is -4.23. The van der Waals surface area contributed by atoms with Crippen LogP contribution in [-0.2, 0) is 4.79 Å². The summed E-state index contributed by atoms with van der Waals surface area (Å²) in [7, 11) is 0. The molecule has 2 aromatic heterocycles. The second kappa shape index (κ2) is 9.43. The predicted octanol–water partition coefficient (Wildman–Crippen LogP) is 6.00. The second-order valence-corrected chi connectivity index (χ2v) is 9.82. The molecule has 36 heavy (non-hydrogen) atoms. The van der Waals surface area contributed by atoms with Crippen LogP contribution in [0.3, 0.4) is 0 Å². The molecule has 6 nitrogen and oxygen atoms in total. The van der Waals surface area contributed by atoms with Gasteiger partial charge in [-0.3, -0.25) is 9.59 Å². The van der Waals surface area contributed by atoms with Crippen molar-refractivity contribution in [2.75, 3.05) is 11.9 Å². The van der Waals surface area contributed by atoms with Crippen molar-refractivity contribution in [1.82, 2.24) is 14.5 Å². The van der Waals surface area contributed by atoms with Crippen LogP contribution in [0.15, 0.2) is 97.3 Å². The predicted molar refractivity (Wildman–Crippen MR) is 144 cm³/mol. The van der Waals surface area contributed by atoms with E-state index < -0.39 is 6.04 Å². The number of hydrogen-bond acceptors (Lipinski definition) is 4. The maximum Gasteiger partial charge on any atom is 0.255 e. The molecule has 1 saturated heterocycles. The minimum absolute atomic E-state index is 0.138. The number of hydrogen-bond donors (Lipinski definition) is 1. The van der Waals surface area contributed by atoms with Gasteiger partial charge in [0.25, 0.3) is 5.91 Å². The number of amides is 2. The van der Waals surface area contributed by atoms with Crippen molar-refractivity contribution < 1.29 is 9.59 Å². The van der Waals surface area contributed by atoms with Crippen LogP contribution in [0.5, 0.6) is 0 Å². The van der Waals surface area contributed by atoms with Crippen LogP contribution in [0.2, 0.25) is 0 Å². The lowest BCUT2D eigenvalue weighted by Crippen LogP contribution is -2.43. The lowest BCUT2D eigenvalue weighted by Gasteiger charge is -2.25. The summed E-state index contributed by atoms with van der Waals surface area (Å²) in [6.07, 6.45) is 5.30.